The van der Waals surface area contributed by atoms with Gasteiger partial charge in [-0.3, -0.25) is 0 Å². The van der Waals surface area contributed by atoms with Crippen LogP contribution >= 0.6 is 0 Å². The Morgan fingerprint density at radius 1 is 1.50 bits per heavy atom. The summed E-state index contributed by atoms with van der Waals surface area (Å²) in [5.74, 6) is 0. The summed E-state index contributed by atoms with van der Waals surface area (Å²) in [5, 5.41) is 3.21. The molecule has 3 nitrogen and oxygen atoms in total. The van der Waals surface area contributed by atoms with E-state index in [9.17, 15) is 0 Å². The summed E-state index contributed by atoms with van der Waals surface area (Å²) in [5.41, 5.74) is 13.0. The molecule has 0 aromatic carbocycles. The third-order valence-electron chi connectivity index (χ3n) is 1.60. The highest BCUT2D eigenvalue weighted by molar-refractivity contribution is 5.26. The van der Waals surface area contributed by atoms with Crippen LogP contribution in [-0.2, 0) is 0 Å². The SMILES string of the molecule is N/C=C\C1=C(N)CCNC1. The predicted molar refractivity (Wildman–Crippen MR) is 42.0 cm³/mol. The van der Waals surface area contributed by atoms with Crippen LogP contribution in [0.15, 0.2) is 23.5 Å². The maximum absolute atomic E-state index is 5.70. The molecule has 0 radical (unpaired) electrons. The Bertz CT molecular complexity index is 170. The molecule has 0 saturated heterocycles. The first kappa shape index (κ1) is 7.15. The van der Waals surface area contributed by atoms with E-state index in [1.807, 2.05) is 6.08 Å². The maximum Gasteiger partial charge on any atom is 0.0223 e. The molecule has 10 heavy (non-hydrogen) atoms. The minimum absolute atomic E-state index is 0.847. The van der Waals surface area contributed by atoms with Gasteiger partial charge in [-0.05, 0) is 24.3 Å². The van der Waals surface area contributed by atoms with Crippen molar-refractivity contribution in [2.24, 2.45) is 11.5 Å². The van der Waals surface area contributed by atoms with Crippen molar-refractivity contribution in [3.8, 4) is 0 Å². The first-order valence-corrected chi connectivity index (χ1v) is 3.41. The number of hydrogen-bond acceptors (Lipinski definition) is 3. The molecule has 1 aliphatic heterocycles. The Balaban J connectivity index is 2.68. The maximum atomic E-state index is 5.70. The summed E-state index contributed by atoms with van der Waals surface area (Å²) >= 11 is 0. The fourth-order valence-electron chi connectivity index (χ4n) is 1.00. The number of nitrogens with one attached hydrogen (secondary N) is 1. The minimum Gasteiger partial charge on any atom is -0.405 e. The molecular formula is C7H13N3. The molecule has 0 bridgehead atoms. The summed E-state index contributed by atoms with van der Waals surface area (Å²) in [4.78, 5) is 0. The third-order valence-corrected chi connectivity index (χ3v) is 1.60. The molecule has 1 heterocycles. The quantitative estimate of drug-likeness (QED) is 0.466. The van der Waals surface area contributed by atoms with Crippen molar-refractivity contribution in [2.45, 2.75) is 6.42 Å². The van der Waals surface area contributed by atoms with Gasteiger partial charge in [0.25, 0.3) is 0 Å². The van der Waals surface area contributed by atoms with E-state index < -0.39 is 0 Å². The van der Waals surface area contributed by atoms with Gasteiger partial charge in [-0.15, -0.1) is 0 Å². The Morgan fingerprint density at radius 3 is 2.90 bits per heavy atom. The van der Waals surface area contributed by atoms with E-state index in [0.29, 0.717) is 0 Å². The molecule has 56 valence electrons. The van der Waals surface area contributed by atoms with Gasteiger partial charge in [0.15, 0.2) is 0 Å². The third kappa shape index (κ3) is 1.51. The molecule has 3 heteroatoms. The van der Waals surface area contributed by atoms with Gasteiger partial charge in [0.1, 0.15) is 0 Å². The summed E-state index contributed by atoms with van der Waals surface area (Å²) in [7, 11) is 0. The number of hydrogen-bond donors (Lipinski definition) is 3. The monoisotopic (exact) mass is 139 g/mol. The molecular weight excluding hydrogens is 126 g/mol. The van der Waals surface area contributed by atoms with E-state index in [1.54, 1.807) is 0 Å². The number of nitrogens with two attached hydrogens (primary N) is 2. The Morgan fingerprint density at radius 2 is 2.30 bits per heavy atom. The second kappa shape index (κ2) is 3.27. The normalized spacial score (nSPS) is 20.4. The van der Waals surface area contributed by atoms with Crippen LogP contribution in [0.1, 0.15) is 6.42 Å². The lowest BCUT2D eigenvalue weighted by atomic mass is 10.1. The molecule has 1 rings (SSSR count). The van der Waals surface area contributed by atoms with Crippen molar-refractivity contribution in [3.05, 3.63) is 23.5 Å². The first-order valence-electron chi connectivity index (χ1n) is 3.41. The zero-order chi connectivity index (χ0) is 7.40. The van der Waals surface area contributed by atoms with Crippen LogP contribution in [0.5, 0.6) is 0 Å². The van der Waals surface area contributed by atoms with Crippen LogP contribution < -0.4 is 16.8 Å². The summed E-state index contributed by atoms with van der Waals surface area (Å²) in [6.45, 7) is 1.83. The van der Waals surface area contributed by atoms with Crippen LogP contribution in [0.3, 0.4) is 0 Å². The lowest BCUT2D eigenvalue weighted by molar-refractivity contribution is 0.681. The molecule has 0 fully saturated rings. The van der Waals surface area contributed by atoms with Crippen molar-refractivity contribution in [2.75, 3.05) is 13.1 Å². The largest absolute Gasteiger partial charge is 0.405 e. The van der Waals surface area contributed by atoms with Crippen molar-refractivity contribution in [1.29, 1.82) is 0 Å². The van der Waals surface area contributed by atoms with Gasteiger partial charge in [-0.1, -0.05) is 0 Å². The highest BCUT2D eigenvalue weighted by Crippen LogP contribution is 2.06. The minimum atomic E-state index is 0.847. The smallest absolute Gasteiger partial charge is 0.0223 e. The number of rotatable bonds is 1. The van der Waals surface area contributed by atoms with Crippen molar-refractivity contribution in [3.63, 3.8) is 0 Å². The van der Waals surface area contributed by atoms with E-state index >= 15 is 0 Å². The van der Waals surface area contributed by atoms with Gasteiger partial charge >= 0.3 is 0 Å². The van der Waals surface area contributed by atoms with Crippen LogP contribution in [0.2, 0.25) is 0 Å². The topological polar surface area (TPSA) is 64.1 Å². The molecule has 0 saturated carbocycles. The fraction of sp³-hybridized carbons (Fsp3) is 0.429. The standard InChI is InChI=1S/C7H13N3/c8-3-1-6-5-10-4-2-7(6)9/h1,3,10H,2,4-5,8-9H2/b3-1-. The average Bonchev–Trinajstić information content (AvgIpc) is 1.94. The van der Waals surface area contributed by atoms with Crippen LogP contribution in [0.4, 0.5) is 0 Å². The summed E-state index contributed by atoms with van der Waals surface area (Å²) < 4.78 is 0. The van der Waals surface area contributed by atoms with Crippen LogP contribution in [0, 0.1) is 0 Å². The first-order chi connectivity index (χ1) is 4.84. The van der Waals surface area contributed by atoms with E-state index in [1.165, 1.54) is 6.20 Å². The van der Waals surface area contributed by atoms with Crippen molar-refractivity contribution >= 4 is 0 Å². The second-order valence-electron chi connectivity index (χ2n) is 2.34. The summed E-state index contributed by atoms with van der Waals surface area (Å²) in [6.07, 6.45) is 4.30. The van der Waals surface area contributed by atoms with Crippen LogP contribution in [-0.4, -0.2) is 13.1 Å². The van der Waals surface area contributed by atoms with E-state index in [4.69, 9.17) is 11.5 Å². The second-order valence-corrected chi connectivity index (χ2v) is 2.34. The average molecular weight is 139 g/mol. The van der Waals surface area contributed by atoms with Crippen molar-refractivity contribution < 1.29 is 0 Å². The fourth-order valence-corrected chi connectivity index (χ4v) is 1.00. The lowest BCUT2D eigenvalue weighted by Gasteiger charge is -2.15. The molecule has 0 unspecified atom stereocenters. The molecule has 0 aromatic rings. The van der Waals surface area contributed by atoms with Gasteiger partial charge in [-0.2, -0.15) is 0 Å². The molecule has 5 N–H and O–H groups in total. The summed E-state index contributed by atoms with van der Waals surface area (Å²) in [6, 6.07) is 0. The highest BCUT2D eigenvalue weighted by Gasteiger charge is 2.04. The highest BCUT2D eigenvalue weighted by atomic mass is 14.9. The zero-order valence-electron chi connectivity index (χ0n) is 5.93. The van der Waals surface area contributed by atoms with Crippen molar-refractivity contribution in [1.82, 2.24) is 5.32 Å². The molecule has 0 amide bonds. The zero-order valence-corrected chi connectivity index (χ0v) is 5.93. The van der Waals surface area contributed by atoms with Gasteiger partial charge in [0, 0.05) is 18.8 Å². The molecule has 0 spiro atoms. The lowest BCUT2D eigenvalue weighted by Crippen LogP contribution is -2.27. The van der Waals surface area contributed by atoms with Gasteiger partial charge in [0.2, 0.25) is 0 Å². The van der Waals surface area contributed by atoms with E-state index in [0.717, 1.165) is 30.8 Å². The molecule has 0 aliphatic carbocycles. The van der Waals surface area contributed by atoms with Gasteiger partial charge in [0.05, 0.1) is 0 Å². The Labute approximate surface area is 60.8 Å². The Hall–Kier alpha value is -0.960. The van der Waals surface area contributed by atoms with E-state index in [-0.39, 0.29) is 0 Å². The van der Waals surface area contributed by atoms with Gasteiger partial charge < -0.3 is 16.8 Å². The van der Waals surface area contributed by atoms with Gasteiger partial charge in [-0.25, -0.2) is 0 Å². The predicted octanol–water partition coefficient (Wildman–Crippen LogP) is -0.335. The Kier molecular flexibility index (Phi) is 2.34. The molecule has 0 aromatic heterocycles. The van der Waals surface area contributed by atoms with E-state index in [2.05, 4.69) is 5.32 Å². The van der Waals surface area contributed by atoms with Crippen LogP contribution in [0.25, 0.3) is 0 Å². The molecule has 1 aliphatic rings. The molecule has 0 atom stereocenters.